The lowest BCUT2D eigenvalue weighted by Crippen LogP contribution is -2.06. The Balaban J connectivity index is 2.52. The summed E-state index contributed by atoms with van der Waals surface area (Å²) in [4.78, 5) is 4.42. The average molecular weight is 204 g/mol. The van der Waals surface area contributed by atoms with E-state index in [4.69, 9.17) is 5.73 Å². The normalized spacial score (nSPS) is 13.7. The summed E-state index contributed by atoms with van der Waals surface area (Å²) in [5.41, 5.74) is 7.76. The Labute approximate surface area is 89.1 Å². The van der Waals surface area contributed by atoms with E-state index in [1.807, 2.05) is 25.3 Å². The summed E-state index contributed by atoms with van der Waals surface area (Å²) in [5.74, 6) is 1.22. The van der Waals surface area contributed by atoms with E-state index in [2.05, 4.69) is 23.9 Å². The van der Waals surface area contributed by atoms with Crippen LogP contribution < -0.4 is 5.73 Å². The van der Waals surface area contributed by atoms with Gasteiger partial charge in [0.2, 0.25) is 0 Å². The van der Waals surface area contributed by atoms with Crippen molar-refractivity contribution in [3.8, 4) is 0 Å². The highest BCUT2D eigenvalue weighted by Gasteiger charge is 2.08. The highest BCUT2D eigenvalue weighted by atomic mass is 15.3. The third kappa shape index (κ3) is 1.85. The zero-order chi connectivity index (χ0) is 11.0. The number of fused-ring (bicyclic) bond motifs is 1. The Morgan fingerprint density at radius 2 is 2.00 bits per heavy atom. The molecule has 0 aliphatic carbocycles. The van der Waals surface area contributed by atoms with Gasteiger partial charge in [0.25, 0.3) is 0 Å². The highest BCUT2D eigenvalue weighted by molar-refractivity contribution is 5.39. The molecule has 0 saturated heterocycles. The van der Waals surface area contributed by atoms with Crippen molar-refractivity contribution in [2.75, 3.05) is 0 Å². The van der Waals surface area contributed by atoms with Gasteiger partial charge in [-0.15, -0.1) is 0 Å². The first-order chi connectivity index (χ1) is 7.08. The molecule has 2 heterocycles. The van der Waals surface area contributed by atoms with Crippen molar-refractivity contribution in [2.45, 2.75) is 32.7 Å². The number of pyridine rings is 1. The van der Waals surface area contributed by atoms with E-state index in [1.165, 1.54) is 0 Å². The maximum atomic E-state index is 5.81. The van der Waals surface area contributed by atoms with Gasteiger partial charge in [0.05, 0.1) is 0 Å². The number of hydrogen-bond acceptors (Lipinski definition) is 3. The van der Waals surface area contributed by atoms with Crippen LogP contribution in [0.3, 0.4) is 0 Å². The van der Waals surface area contributed by atoms with Crippen LogP contribution in [0, 0.1) is 0 Å². The van der Waals surface area contributed by atoms with Crippen molar-refractivity contribution in [1.82, 2.24) is 14.6 Å². The summed E-state index contributed by atoms with van der Waals surface area (Å²) in [6.45, 7) is 6.13. The lowest BCUT2D eigenvalue weighted by atomic mass is 10.2. The second-order valence-corrected chi connectivity index (χ2v) is 4.18. The Bertz CT molecular complexity index is 464. The minimum atomic E-state index is 0.0288. The molecule has 1 atom stereocenters. The molecule has 4 nitrogen and oxygen atoms in total. The van der Waals surface area contributed by atoms with Gasteiger partial charge in [0, 0.05) is 18.2 Å². The molecule has 80 valence electrons. The topological polar surface area (TPSA) is 56.2 Å². The maximum Gasteiger partial charge on any atom is 0.155 e. The Morgan fingerprint density at radius 1 is 1.27 bits per heavy atom. The summed E-state index contributed by atoms with van der Waals surface area (Å²) < 4.78 is 1.80. The van der Waals surface area contributed by atoms with Crippen LogP contribution in [0.5, 0.6) is 0 Å². The second kappa shape index (κ2) is 3.62. The number of aromatic nitrogens is 3. The fourth-order valence-electron chi connectivity index (χ4n) is 1.43. The molecule has 2 aromatic rings. The first-order valence-corrected chi connectivity index (χ1v) is 5.19. The van der Waals surface area contributed by atoms with Gasteiger partial charge in [-0.1, -0.05) is 19.9 Å². The molecule has 0 aliphatic rings. The molecule has 4 heteroatoms. The predicted octanol–water partition coefficient (Wildman–Crippen LogP) is 1.87. The first kappa shape index (κ1) is 10.1. The zero-order valence-electron chi connectivity index (χ0n) is 9.31. The van der Waals surface area contributed by atoms with Gasteiger partial charge in [-0.3, -0.25) is 0 Å². The largest absolute Gasteiger partial charge is 0.324 e. The number of nitrogens with zero attached hydrogens (tertiary/aromatic N) is 3. The second-order valence-electron chi connectivity index (χ2n) is 4.18. The van der Waals surface area contributed by atoms with Gasteiger partial charge in [-0.2, -0.15) is 5.10 Å². The minimum Gasteiger partial charge on any atom is -0.324 e. The third-order valence-electron chi connectivity index (χ3n) is 2.41. The zero-order valence-corrected chi connectivity index (χ0v) is 9.31. The van der Waals surface area contributed by atoms with E-state index in [-0.39, 0.29) is 6.04 Å². The Hall–Kier alpha value is -1.42. The molecule has 1 unspecified atom stereocenters. The van der Waals surface area contributed by atoms with E-state index in [0.717, 1.165) is 17.0 Å². The molecule has 2 N–H and O–H groups in total. The van der Waals surface area contributed by atoms with Gasteiger partial charge < -0.3 is 5.73 Å². The van der Waals surface area contributed by atoms with Crippen LogP contribution >= 0.6 is 0 Å². The Morgan fingerprint density at radius 3 is 2.60 bits per heavy atom. The molecule has 0 bridgehead atoms. The van der Waals surface area contributed by atoms with Crippen molar-refractivity contribution < 1.29 is 0 Å². The standard InChI is InChI=1S/C11H16N4/c1-7(2)11-13-10-5-4-9(8(3)12)6-15(10)14-11/h4-8H,12H2,1-3H3. The number of nitrogens with two attached hydrogens (primary N) is 1. The fourth-order valence-corrected chi connectivity index (χ4v) is 1.43. The quantitative estimate of drug-likeness (QED) is 0.812. The van der Waals surface area contributed by atoms with E-state index in [9.17, 15) is 0 Å². The Kier molecular flexibility index (Phi) is 2.44. The summed E-state index contributed by atoms with van der Waals surface area (Å²) >= 11 is 0. The molecular formula is C11H16N4. The predicted molar refractivity (Wildman–Crippen MR) is 59.7 cm³/mol. The van der Waals surface area contributed by atoms with Gasteiger partial charge >= 0.3 is 0 Å². The summed E-state index contributed by atoms with van der Waals surface area (Å²) in [7, 11) is 0. The van der Waals surface area contributed by atoms with Gasteiger partial charge in [-0.05, 0) is 18.6 Å². The summed E-state index contributed by atoms with van der Waals surface area (Å²) in [5, 5.41) is 4.41. The fraction of sp³-hybridized carbons (Fsp3) is 0.455. The van der Waals surface area contributed by atoms with E-state index in [0.29, 0.717) is 5.92 Å². The molecule has 2 rings (SSSR count). The smallest absolute Gasteiger partial charge is 0.155 e. The molecular weight excluding hydrogens is 188 g/mol. The van der Waals surface area contributed by atoms with Crippen LogP contribution in [0.4, 0.5) is 0 Å². The minimum absolute atomic E-state index is 0.0288. The molecule has 0 spiro atoms. The van der Waals surface area contributed by atoms with Crippen molar-refractivity contribution in [2.24, 2.45) is 5.73 Å². The molecule has 15 heavy (non-hydrogen) atoms. The summed E-state index contributed by atoms with van der Waals surface area (Å²) in [6, 6.07) is 3.98. The first-order valence-electron chi connectivity index (χ1n) is 5.19. The maximum absolute atomic E-state index is 5.81. The number of hydrogen-bond donors (Lipinski definition) is 1. The van der Waals surface area contributed by atoms with E-state index < -0.39 is 0 Å². The SMILES string of the molecule is CC(C)c1nc2ccc(C(C)N)cn2n1. The van der Waals surface area contributed by atoms with Gasteiger partial charge in [0.1, 0.15) is 0 Å². The highest BCUT2D eigenvalue weighted by Crippen LogP contribution is 2.14. The third-order valence-corrected chi connectivity index (χ3v) is 2.41. The van der Waals surface area contributed by atoms with Crippen LogP contribution in [0.25, 0.3) is 5.65 Å². The van der Waals surface area contributed by atoms with Gasteiger partial charge in [-0.25, -0.2) is 9.50 Å². The molecule has 0 radical (unpaired) electrons. The van der Waals surface area contributed by atoms with Crippen LogP contribution in [0.1, 0.15) is 44.1 Å². The van der Waals surface area contributed by atoms with Crippen molar-refractivity contribution in [3.63, 3.8) is 0 Å². The molecule has 0 amide bonds. The molecule has 2 aromatic heterocycles. The number of rotatable bonds is 2. The lowest BCUT2D eigenvalue weighted by molar-refractivity contribution is 0.755. The van der Waals surface area contributed by atoms with Gasteiger partial charge in [0.15, 0.2) is 11.5 Å². The molecule has 0 aromatic carbocycles. The van der Waals surface area contributed by atoms with Crippen molar-refractivity contribution >= 4 is 5.65 Å². The molecule has 0 aliphatic heterocycles. The van der Waals surface area contributed by atoms with Crippen LogP contribution in [-0.4, -0.2) is 14.6 Å². The van der Waals surface area contributed by atoms with Crippen LogP contribution in [-0.2, 0) is 0 Å². The van der Waals surface area contributed by atoms with Crippen molar-refractivity contribution in [3.05, 3.63) is 29.7 Å². The van der Waals surface area contributed by atoms with E-state index in [1.54, 1.807) is 4.52 Å². The monoisotopic (exact) mass is 204 g/mol. The lowest BCUT2D eigenvalue weighted by Gasteiger charge is -2.04. The van der Waals surface area contributed by atoms with Crippen molar-refractivity contribution in [1.29, 1.82) is 0 Å². The average Bonchev–Trinajstić information content (AvgIpc) is 2.59. The van der Waals surface area contributed by atoms with Crippen LogP contribution in [0.15, 0.2) is 18.3 Å². The summed E-state index contributed by atoms with van der Waals surface area (Å²) in [6.07, 6.45) is 1.94. The van der Waals surface area contributed by atoms with Crippen LogP contribution in [0.2, 0.25) is 0 Å². The van der Waals surface area contributed by atoms with E-state index >= 15 is 0 Å². The molecule has 0 fully saturated rings. The molecule has 0 saturated carbocycles.